The van der Waals surface area contributed by atoms with Gasteiger partial charge < -0.3 is 26.4 Å². The molecule has 0 saturated carbocycles. The number of nitrogens with zero attached hydrogens (tertiary/aromatic N) is 4. The maximum atomic E-state index is 11.1. The summed E-state index contributed by atoms with van der Waals surface area (Å²) in [4.78, 5) is 22.4. The third-order valence-electron chi connectivity index (χ3n) is 5.14. The number of aromatic nitrogens is 4. The number of carbonyl (C=O) groups is 1. The molecule has 29 heavy (non-hydrogen) atoms. The Balaban J connectivity index is 1.69. The van der Waals surface area contributed by atoms with E-state index < -0.39 is 6.09 Å². The number of benzene rings is 1. The topological polar surface area (TPSA) is 145 Å². The van der Waals surface area contributed by atoms with E-state index in [1.807, 2.05) is 24.3 Å². The van der Waals surface area contributed by atoms with Crippen molar-refractivity contribution in [2.75, 3.05) is 36.1 Å². The van der Waals surface area contributed by atoms with E-state index in [1.54, 1.807) is 7.05 Å². The molecule has 1 fully saturated rings. The molecule has 4 rings (SSSR count). The number of fused-ring (bicyclic) bond motifs is 1. The standard InChI is InChI=1S/C19H24N8O2/c1-10-5-12(22-19(28)29)9-27(8-10)16-7-14(23-18(21-2)24-16)11-3-4-13-15(6-11)25-26-17(13)20/h3-4,6-7,10,12,22H,5,8-9H2,1-2H3,(H,28,29)(H3,20,25,26)(H,21,23,24)/t10-,12-/m1/s1. The van der Waals surface area contributed by atoms with E-state index in [9.17, 15) is 4.79 Å². The van der Waals surface area contributed by atoms with Crippen LogP contribution in [0.15, 0.2) is 24.3 Å². The van der Waals surface area contributed by atoms with Crippen molar-refractivity contribution >= 4 is 34.6 Å². The number of anilines is 3. The van der Waals surface area contributed by atoms with Crippen LogP contribution in [0.1, 0.15) is 13.3 Å². The van der Waals surface area contributed by atoms with Crippen LogP contribution >= 0.6 is 0 Å². The largest absolute Gasteiger partial charge is 0.465 e. The molecule has 0 unspecified atom stereocenters. The van der Waals surface area contributed by atoms with Gasteiger partial charge in [-0.25, -0.2) is 9.78 Å². The normalized spacial score (nSPS) is 19.3. The Morgan fingerprint density at radius 3 is 2.90 bits per heavy atom. The van der Waals surface area contributed by atoms with Crippen LogP contribution in [0.5, 0.6) is 0 Å². The second-order valence-electron chi connectivity index (χ2n) is 7.45. The summed E-state index contributed by atoms with van der Waals surface area (Å²) in [7, 11) is 1.77. The van der Waals surface area contributed by atoms with Gasteiger partial charge in [0.15, 0.2) is 5.82 Å². The van der Waals surface area contributed by atoms with Gasteiger partial charge in [0, 0.05) is 37.2 Å². The van der Waals surface area contributed by atoms with Crippen molar-refractivity contribution < 1.29 is 9.90 Å². The lowest BCUT2D eigenvalue weighted by Crippen LogP contribution is -2.50. The average molecular weight is 396 g/mol. The molecule has 1 aliphatic rings. The van der Waals surface area contributed by atoms with Crippen LogP contribution in [0, 0.1) is 5.92 Å². The summed E-state index contributed by atoms with van der Waals surface area (Å²) in [5, 5.41) is 22.5. The Bertz CT molecular complexity index is 1050. The molecule has 10 heteroatoms. The summed E-state index contributed by atoms with van der Waals surface area (Å²) in [6.45, 7) is 3.47. The Morgan fingerprint density at radius 2 is 2.14 bits per heavy atom. The second-order valence-corrected chi connectivity index (χ2v) is 7.45. The maximum Gasteiger partial charge on any atom is 0.404 e. The molecule has 1 aromatic carbocycles. The number of nitrogen functional groups attached to an aromatic ring is 1. The van der Waals surface area contributed by atoms with Gasteiger partial charge in [-0.05, 0) is 24.5 Å². The van der Waals surface area contributed by atoms with Crippen LogP contribution in [-0.4, -0.2) is 57.5 Å². The minimum atomic E-state index is -1.00. The number of hydrogen-bond donors (Lipinski definition) is 5. The molecule has 6 N–H and O–H groups in total. The van der Waals surface area contributed by atoms with Gasteiger partial charge >= 0.3 is 6.09 Å². The minimum absolute atomic E-state index is 0.142. The Hall–Kier alpha value is -3.56. The number of piperidine rings is 1. The molecule has 0 bridgehead atoms. The van der Waals surface area contributed by atoms with Gasteiger partial charge in [0.1, 0.15) is 5.82 Å². The summed E-state index contributed by atoms with van der Waals surface area (Å²) in [5.41, 5.74) is 8.37. The van der Waals surface area contributed by atoms with E-state index in [4.69, 9.17) is 10.8 Å². The maximum absolute atomic E-state index is 11.1. The number of aromatic amines is 1. The predicted octanol–water partition coefficient (Wildman–Crippen LogP) is 2.13. The Kier molecular flexibility index (Phi) is 4.83. The molecule has 1 aliphatic heterocycles. The molecule has 0 spiro atoms. The number of rotatable bonds is 4. The zero-order chi connectivity index (χ0) is 20.5. The number of carboxylic acid groups (broad SMARTS) is 1. The van der Waals surface area contributed by atoms with Crippen molar-refractivity contribution in [3.05, 3.63) is 24.3 Å². The zero-order valence-electron chi connectivity index (χ0n) is 16.3. The quantitative estimate of drug-likeness (QED) is 0.451. The number of hydrogen-bond acceptors (Lipinski definition) is 7. The van der Waals surface area contributed by atoms with E-state index in [-0.39, 0.29) is 6.04 Å². The molecule has 3 aromatic rings. The average Bonchev–Trinajstić information content (AvgIpc) is 3.07. The van der Waals surface area contributed by atoms with Crippen molar-refractivity contribution in [1.29, 1.82) is 0 Å². The van der Waals surface area contributed by atoms with Crippen molar-refractivity contribution in [1.82, 2.24) is 25.5 Å². The first-order chi connectivity index (χ1) is 13.9. The van der Waals surface area contributed by atoms with Gasteiger partial charge in [-0.3, -0.25) is 5.10 Å². The van der Waals surface area contributed by atoms with Crippen molar-refractivity contribution in [3.8, 4) is 11.3 Å². The molecule has 2 atom stereocenters. The minimum Gasteiger partial charge on any atom is -0.465 e. The predicted molar refractivity (Wildman–Crippen MR) is 112 cm³/mol. The molecule has 10 nitrogen and oxygen atoms in total. The highest BCUT2D eigenvalue weighted by molar-refractivity contribution is 5.91. The Morgan fingerprint density at radius 1 is 1.31 bits per heavy atom. The van der Waals surface area contributed by atoms with Crippen molar-refractivity contribution in [3.63, 3.8) is 0 Å². The fraction of sp³-hybridized carbons (Fsp3) is 0.368. The van der Waals surface area contributed by atoms with Crippen LogP contribution in [0.3, 0.4) is 0 Å². The molecular formula is C19H24N8O2. The first-order valence-electron chi connectivity index (χ1n) is 9.48. The highest BCUT2D eigenvalue weighted by Gasteiger charge is 2.27. The van der Waals surface area contributed by atoms with Gasteiger partial charge in [0.25, 0.3) is 0 Å². The number of H-pyrrole nitrogens is 1. The summed E-state index contributed by atoms with van der Waals surface area (Å²) in [6, 6.07) is 7.61. The lowest BCUT2D eigenvalue weighted by atomic mass is 9.96. The molecule has 0 radical (unpaired) electrons. The lowest BCUT2D eigenvalue weighted by molar-refractivity contribution is 0.186. The third-order valence-corrected chi connectivity index (χ3v) is 5.14. The van der Waals surface area contributed by atoms with Gasteiger partial charge in [-0.1, -0.05) is 13.0 Å². The fourth-order valence-electron chi connectivity index (χ4n) is 3.87. The number of nitrogens with one attached hydrogen (secondary N) is 3. The van der Waals surface area contributed by atoms with Crippen LogP contribution in [0.2, 0.25) is 0 Å². The van der Waals surface area contributed by atoms with Crippen LogP contribution < -0.4 is 21.3 Å². The van der Waals surface area contributed by atoms with Gasteiger partial charge in [-0.15, -0.1) is 0 Å². The zero-order valence-corrected chi connectivity index (χ0v) is 16.3. The van der Waals surface area contributed by atoms with Crippen LogP contribution in [0.4, 0.5) is 22.4 Å². The first kappa shape index (κ1) is 18.8. The third kappa shape index (κ3) is 3.86. The molecule has 1 saturated heterocycles. The van der Waals surface area contributed by atoms with Crippen molar-refractivity contribution in [2.45, 2.75) is 19.4 Å². The highest BCUT2D eigenvalue weighted by atomic mass is 16.4. The number of nitrogens with two attached hydrogens (primary N) is 1. The number of amides is 1. The molecule has 0 aliphatic carbocycles. The van der Waals surface area contributed by atoms with Gasteiger partial charge in [-0.2, -0.15) is 10.1 Å². The first-order valence-corrected chi connectivity index (χ1v) is 9.48. The van der Waals surface area contributed by atoms with Gasteiger partial charge in [0.05, 0.1) is 17.3 Å². The summed E-state index contributed by atoms with van der Waals surface area (Å²) >= 11 is 0. The van der Waals surface area contributed by atoms with Gasteiger partial charge in [0.2, 0.25) is 5.95 Å². The molecule has 3 heterocycles. The highest BCUT2D eigenvalue weighted by Crippen LogP contribution is 2.29. The van der Waals surface area contributed by atoms with Crippen LogP contribution in [0.25, 0.3) is 22.2 Å². The smallest absolute Gasteiger partial charge is 0.404 e. The monoisotopic (exact) mass is 396 g/mol. The van der Waals surface area contributed by atoms with E-state index in [1.165, 1.54) is 0 Å². The second kappa shape index (κ2) is 7.46. The summed E-state index contributed by atoms with van der Waals surface area (Å²) in [6.07, 6.45) is -0.201. The lowest BCUT2D eigenvalue weighted by Gasteiger charge is -2.37. The summed E-state index contributed by atoms with van der Waals surface area (Å²) < 4.78 is 0. The van der Waals surface area contributed by atoms with Crippen LogP contribution in [-0.2, 0) is 0 Å². The van der Waals surface area contributed by atoms with E-state index in [2.05, 4.69) is 42.6 Å². The molecule has 152 valence electrons. The molecule has 2 aromatic heterocycles. The molecular weight excluding hydrogens is 372 g/mol. The summed E-state index contributed by atoms with van der Waals surface area (Å²) in [5.74, 6) is 2.06. The van der Waals surface area contributed by atoms with E-state index in [0.717, 1.165) is 40.9 Å². The van der Waals surface area contributed by atoms with E-state index in [0.29, 0.717) is 24.2 Å². The van der Waals surface area contributed by atoms with Crippen molar-refractivity contribution in [2.24, 2.45) is 5.92 Å². The SMILES string of the molecule is CNc1nc(-c2ccc3c(N)n[nH]c3c2)cc(N2C[C@H](C)C[C@@H](NC(=O)O)C2)n1. The molecule has 1 amide bonds. The fourth-order valence-corrected chi connectivity index (χ4v) is 3.87. The van der Waals surface area contributed by atoms with E-state index >= 15 is 0 Å². The Labute approximate surface area is 167 Å².